The summed E-state index contributed by atoms with van der Waals surface area (Å²) in [5, 5.41) is 0. The smallest absolute Gasteiger partial charge is 0.340 e. The molecule has 1 aliphatic rings. The van der Waals surface area contributed by atoms with Gasteiger partial charge in [0, 0.05) is 24.5 Å². The molecular weight excluding hydrogens is 336 g/mol. The van der Waals surface area contributed by atoms with Gasteiger partial charge in [-0.3, -0.25) is 4.79 Å². The minimum Gasteiger partial charge on any atom is -0.467 e. The fourth-order valence-corrected chi connectivity index (χ4v) is 3.12. The molecule has 0 radical (unpaired) electrons. The van der Waals surface area contributed by atoms with Gasteiger partial charge in [-0.25, -0.2) is 4.79 Å². The Bertz CT molecular complexity index is 772. The predicted octanol–water partition coefficient (Wildman–Crippen LogP) is 2.15. The van der Waals surface area contributed by atoms with E-state index in [1.54, 1.807) is 24.2 Å². The highest BCUT2D eigenvalue weighted by Crippen LogP contribution is 2.19. The molecule has 0 aliphatic carbocycles. The van der Waals surface area contributed by atoms with Gasteiger partial charge >= 0.3 is 5.97 Å². The SMILES string of the molecule is Cc1cc(C(=O)OC(C)C(=O)N2CCOCC2)c(C)n1Cc1ccco1. The Hall–Kier alpha value is -2.54. The topological polar surface area (TPSA) is 73.9 Å². The van der Waals surface area contributed by atoms with E-state index in [2.05, 4.69) is 0 Å². The Kier molecular flexibility index (Phi) is 5.46. The predicted molar refractivity (Wildman–Crippen MR) is 94.0 cm³/mol. The van der Waals surface area contributed by atoms with Gasteiger partial charge in [-0.1, -0.05) is 0 Å². The lowest BCUT2D eigenvalue weighted by molar-refractivity contribution is -0.143. The van der Waals surface area contributed by atoms with Crippen LogP contribution in [0.4, 0.5) is 0 Å². The minimum atomic E-state index is -0.825. The highest BCUT2D eigenvalue weighted by molar-refractivity contribution is 5.93. The molecule has 0 aromatic carbocycles. The molecule has 0 spiro atoms. The number of amides is 1. The first-order chi connectivity index (χ1) is 12.5. The highest BCUT2D eigenvalue weighted by Gasteiger charge is 2.27. The van der Waals surface area contributed by atoms with Gasteiger partial charge in [0.1, 0.15) is 5.76 Å². The van der Waals surface area contributed by atoms with Crippen LogP contribution in [-0.2, 0) is 20.8 Å². The lowest BCUT2D eigenvalue weighted by Gasteiger charge is -2.28. The van der Waals surface area contributed by atoms with Crippen LogP contribution >= 0.6 is 0 Å². The van der Waals surface area contributed by atoms with Crippen molar-refractivity contribution in [3.8, 4) is 0 Å². The van der Waals surface area contributed by atoms with Crippen LogP contribution in [0.1, 0.15) is 34.4 Å². The molecule has 3 heterocycles. The van der Waals surface area contributed by atoms with E-state index in [0.717, 1.165) is 17.1 Å². The van der Waals surface area contributed by atoms with Gasteiger partial charge in [0.2, 0.25) is 0 Å². The summed E-state index contributed by atoms with van der Waals surface area (Å²) in [4.78, 5) is 26.7. The number of hydrogen-bond acceptors (Lipinski definition) is 5. The molecule has 0 saturated carbocycles. The standard InChI is InChI=1S/C19H24N2O5/c1-13-11-17(14(2)21(13)12-16-5-4-8-25-16)19(23)26-15(3)18(22)20-6-9-24-10-7-20/h4-5,8,11,15H,6-7,9-10,12H2,1-3H3. The molecule has 1 aliphatic heterocycles. The van der Waals surface area contributed by atoms with Crippen LogP contribution in [-0.4, -0.2) is 53.8 Å². The average Bonchev–Trinajstić information content (AvgIpc) is 3.25. The first-order valence-electron chi connectivity index (χ1n) is 8.74. The van der Waals surface area contributed by atoms with Crippen LogP contribution in [0.15, 0.2) is 28.9 Å². The van der Waals surface area contributed by atoms with Gasteiger partial charge in [-0.15, -0.1) is 0 Å². The molecule has 7 heteroatoms. The second-order valence-corrected chi connectivity index (χ2v) is 6.44. The highest BCUT2D eigenvalue weighted by atomic mass is 16.5. The second-order valence-electron chi connectivity index (χ2n) is 6.44. The number of rotatable bonds is 5. The number of carbonyl (C=O) groups excluding carboxylic acids is 2. The van der Waals surface area contributed by atoms with Crippen LogP contribution in [0, 0.1) is 13.8 Å². The molecule has 0 N–H and O–H groups in total. The largest absolute Gasteiger partial charge is 0.467 e. The maximum Gasteiger partial charge on any atom is 0.340 e. The van der Waals surface area contributed by atoms with Crippen molar-refractivity contribution in [1.29, 1.82) is 0 Å². The van der Waals surface area contributed by atoms with Crippen molar-refractivity contribution in [2.24, 2.45) is 0 Å². The fraction of sp³-hybridized carbons (Fsp3) is 0.474. The van der Waals surface area contributed by atoms with Gasteiger partial charge in [-0.05, 0) is 39.0 Å². The molecular formula is C19H24N2O5. The minimum absolute atomic E-state index is 0.189. The zero-order valence-corrected chi connectivity index (χ0v) is 15.4. The second kappa shape index (κ2) is 7.78. The summed E-state index contributed by atoms with van der Waals surface area (Å²) in [5.41, 5.74) is 2.18. The zero-order valence-electron chi connectivity index (χ0n) is 15.4. The van der Waals surface area contributed by atoms with Crippen molar-refractivity contribution in [1.82, 2.24) is 9.47 Å². The number of hydrogen-bond donors (Lipinski definition) is 0. The Balaban J connectivity index is 1.68. The summed E-state index contributed by atoms with van der Waals surface area (Å²) < 4.78 is 18.0. The summed E-state index contributed by atoms with van der Waals surface area (Å²) in [7, 11) is 0. The molecule has 7 nitrogen and oxygen atoms in total. The maximum atomic E-state index is 12.6. The molecule has 2 aromatic rings. The number of carbonyl (C=O) groups is 2. The zero-order chi connectivity index (χ0) is 18.7. The normalized spacial score (nSPS) is 15.7. The summed E-state index contributed by atoms with van der Waals surface area (Å²) in [6.45, 7) is 8.02. The number of aromatic nitrogens is 1. The van der Waals surface area contributed by atoms with Crippen LogP contribution < -0.4 is 0 Å². The maximum absolute atomic E-state index is 12.6. The van der Waals surface area contributed by atoms with Crippen LogP contribution in [0.2, 0.25) is 0 Å². The third-order valence-corrected chi connectivity index (χ3v) is 4.64. The van der Waals surface area contributed by atoms with Gasteiger partial charge in [-0.2, -0.15) is 0 Å². The van der Waals surface area contributed by atoms with Gasteiger partial charge in [0.25, 0.3) is 5.91 Å². The van der Waals surface area contributed by atoms with E-state index in [0.29, 0.717) is 38.4 Å². The van der Waals surface area contributed by atoms with Crippen molar-refractivity contribution >= 4 is 11.9 Å². The third-order valence-electron chi connectivity index (χ3n) is 4.64. The van der Waals surface area contributed by atoms with Crippen molar-refractivity contribution in [2.75, 3.05) is 26.3 Å². The molecule has 1 amide bonds. The summed E-state index contributed by atoms with van der Waals surface area (Å²) >= 11 is 0. The molecule has 1 atom stereocenters. The van der Waals surface area contributed by atoms with E-state index in [9.17, 15) is 9.59 Å². The van der Waals surface area contributed by atoms with E-state index in [-0.39, 0.29) is 5.91 Å². The summed E-state index contributed by atoms with van der Waals surface area (Å²) in [6.07, 6.45) is 0.797. The van der Waals surface area contributed by atoms with E-state index < -0.39 is 12.1 Å². The molecule has 3 rings (SSSR count). The molecule has 1 unspecified atom stereocenters. The molecule has 2 aromatic heterocycles. The van der Waals surface area contributed by atoms with E-state index >= 15 is 0 Å². The summed E-state index contributed by atoms with van der Waals surface area (Å²) in [6, 6.07) is 5.50. The molecule has 140 valence electrons. The van der Waals surface area contributed by atoms with Crippen LogP contribution in [0.3, 0.4) is 0 Å². The Morgan fingerprint density at radius 1 is 1.27 bits per heavy atom. The van der Waals surface area contributed by atoms with E-state index in [4.69, 9.17) is 13.9 Å². The van der Waals surface area contributed by atoms with E-state index in [1.807, 2.05) is 30.5 Å². The van der Waals surface area contributed by atoms with Crippen molar-refractivity contribution in [2.45, 2.75) is 33.4 Å². The number of furan rings is 1. The summed E-state index contributed by atoms with van der Waals surface area (Å²) in [5.74, 6) is 0.131. The molecule has 1 fully saturated rings. The van der Waals surface area contributed by atoms with Crippen LogP contribution in [0.25, 0.3) is 0 Å². The third kappa shape index (κ3) is 3.83. The van der Waals surface area contributed by atoms with Crippen molar-refractivity contribution in [3.05, 3.63) is 47.2 Å². The number of morpholine rings is 1. The average molecular weight is 360 g/mol. The first-order valence-corrected chi connectivity index (χ1v) is 8.74. The Morgan fingerprint density at radius 2 is 2.00 bits per heavy atom. The van der Waals surface area contributed by atoms with Crippen molar-refractivity contribution in [3.63, 3.8) is 0 Å². The molecule has 0 bridgehead atoms. The van der Waals surface area contributed by atoms with Crippen molar-refractivity contribution < 1.29 is 23.5 Å². The van der Waals surface area contributed by atoms with Crippen LogP contribution in [0.5, 0.6) is 0 Å². The number of ether oxygens (including phenoxy) is 2. The van der Waals surface area contributed by atoms with Gasteiger partial charge < -0.3 is 23.4 Å². The number of aryl methyl sites for hydroxylation is 1. The number of esters is 1. The monoisotopic (exact) mass is 360 g/mol. The number of nitrogens with zero attached hydrogens (tertiary/aromatic N) is 2. The van der Waals surface area contributed by atoms with Gasteiger partial charge in [0.15, 0.2) is 6.10 Å². The Labute approximate surface area is 152 Å². The lowest BCUT2D eigenvalue weighted by atomic mass is 10.2. The Morgan fingerprint density at radius 3 is 2.65 bits per heavy atom. The first kappa shape index (κ1) is 18.3. The van der Waals surface area contributed by atoms with Gasteiger partial charge in [0.05, 0.1) is 31.6 Å². The quantitative estimate of drug-likeness (QED) is 0.764. The van der Waals surface area contributed by atoms with E-state index in [1.165, 1.54) is 0 Å². The molecule has 1 saturated heterocycles. The molecule has 26 heavy (non-hydrogen) atoms. The fourth-order valence-electron chi connectivity index (χ4n) is 3.12. The lowest BCUT2D eigenvalue weighted by Crippen LogP contribution is -2.46.